The van der Waals surface area contributed by atoms with E-state index in [0.29, 0.717) is 13.2 Å². The van der Waals surface area contributed by atoms with Crippen LogP contribution in [0.25, 0.3) is 0 Å². The van der Waals surface area contributed by atoms with Gasteiger partial charge in [0.05, 0.1) is 6.61 Å². The molecule has 1 rings (SSSR count). The van der Waals surface area contributed by atoms with Crippen LogP contribution in [0, 0.1) is 0 Å². The Morgan fingerprint density at radius 1 is 1.33 bits per heavy atom. The fraction of sp³-hybridized carbons (Fsp3) is 0.545. The number of hydrogen-bond donors (Lipinski definition) is 1. The summed E-state index contributed by atoms with van der Waals surface area (Å²) in [6, 6.07) is 3.69. The van der Waals surface area contributed by atoms with E-state index in [2.05, 4.69) is 17.2 Å². The van der Waals surface area contributed by atoms with Crippen LogP contribution in [0.15, 0.2) is 18.3 Å². The van der Waals surface area contributed by atoms with Crippen molar-refractivity contribution < 1.29 is 9.47 Å². The van der Waals surface area contributed by atoms with Crippen molar-refractivity contribution in [2.24, 2.45) is 0 Å². The fourth-order valence-corrected chi connectivity index (χ4v) is 1.10. The highest BCUT2D eigenvalue weighted by Gasteiger charge is 1.95. The zero-order valence-electron chi connectivity index (χ0n) is 9.32. The molecule has 0 saturated carbocycles. The molecule has 15 heavy (non-hydrogen) atoms. The van der Waals surface area contributed by atoms with Crippen LogP contribution in [0.5, 0.6) is 5.75 Å². The molecular formula is C11H18N2O2. The van der Waals surface area contributed by atoms with Crippen molar-refractivity contribution in [2.75, 3.05) is 32.2 Å². The molecule has 0 radical (unpaired) electrons. The molecule has 84 valence electrons. The number of hydrogen-bond acceptors (Lipinski definition) is 4. The number of ether oxygens (including phenoxy) is 2. The normalized spacial score (nSPS) is 10.0. The molecule has 0 spiro atoms. The molecule has 1 aromatic heterocycles. The first-order chi connectivity index (χ1) is 7.36. The molecule has 0 atom stereocenters. The summed E-state index contributed by atoms with van der Waals surface area (Å²) in [7, 11) is 1.83. The molecule has 0 aliphatic rings. The van der Waals surface area contributed by atoms with E-state index in [1.165, 1.54) is 0 Å². The van der Waals surface area contributed by atoms with Crippen LogP contribution in [0.3, 0.4) is 0 Å². The lowest BCUT2D eigenvalue weighted by Crippen LogP contribution is -2.07. The molecule has 1 aromatic rings. The van der Waals surface area contributed by atoms with Gasteiger partial charge in [0.15, 0.2) is 0 Å². The van der Waals surface area contributed by atoms with Crippen LogP contribution >= 0.6 is 0 Å². The first-order valence-electron chi connectivity index (χ1n) is 5.21. The minimum absolute atomic E-state index is 0.577. The predicted octanol–water partition coefficient (Wildman–Crippen LogP) is 1.93. The molecular weight excluding hydrogens is 192 g/mol. The Labute approximate surface area is 90.6 Å². The van der Waals surface area contributed by atoms with Gasteiger partial charge in [0.25, 0.3) is 0 Å². The zero-order valence-corrected chi connectivity index (χ0v) is 9.32. The van der Waals surface area contributed by atoms with Crippen molar-refractivity contribution in [3.05, 3.63) is 18.3 Å². The molecule has 0 amide bonds. The van der Waals surface area contributed by atoms with E-state index in [0.717, 1.165) is 24.6 Å². The topological polar surface area (TPSA) is 43.4 Å². The maximum absolute atomic E-state index is 5.49. The quantitative estimate of drug-likeness (QED) is 0.698. The number of aromatic nitrogens is 1. The summed E-state index contributed by atoms with van der Waals surface area (Å²) < 4.78 is 10.8. The molecule has 0 saturated heterocycles. The van der Waals surface area contributed by atoms with Crippen molar-refractivity contribution in [3.63, 3.8) is 0 Å². The number of rotatable bonds is 7. The standard InChI is InChI=1S/C11H18N2O2/c1-3-6-14-7-8-15-10-4-5-13-11(9-10)12-2/h4-5,9H,3,6-8H2,1-2H3,(H,12,13). The predicted molar refractivity (Wildman–Crippen MR) is 60.4 cm³/mol. The highest BCUT2D eigenvalue weighted by molar-refractivity contribution is 5.39. The number of anilines is 1. The molecule has 0 aromatic carbocycles. The van der Waals surface area contributed by atoms with Gasteiger partial charge in [0.2, 0.25) is 0 Å². The molecule has 1 heterocycles. The maximum Gasteiger partial charge on any atom is 0.129 e. The minimum Gasteiger partial charge on any atom is -0.491 e. The van der Waals surface area contributed by atoms with E-state index < -0.39 is 0 Å². The summed E-state index contributed by atoms with van der Waals surface area (Å²) in [5.41, 5.74) is 0. The fourth-order valence-electron chi connectivity index (χ4n) is 1.10. The van der Waals surface area contributed by atoms with Crippen molar-refractivity contribution in [2.45, 2.75) is 13.3 Å². The Hall–Kier alpha value is -1.29. The van der Waals surface area contributed by atoms with E-state index >= 15 is 0 Å². The van der Waals surface area contributed by atoms with Crippen LogP contribution in [-0.2, 0) is 4.74 Å². The molecule has 0 bridgehead atoms. The SMILES string of the molecule is CCCOCCOc1ccnc(NC)c1. The van der Waals surface area contributed by atoms with E-state index in [4.69, 9.17) is 9.47 Å². The molecule has 1 N–H and O–H groups in total. The molecule has 0 aliphatic carbocycles. The van der Waals surface area contributed by atoms with E-state index in [-0.39, 0.29) is 0 Å². The van der Waals surface area contributed by atoms with E-state index in [9.17, 15) is 0 Å². The second-order valence-corrected chi connectivity index (χ2v) is 3.09. The van der Waals surface area contributed by atoms with Gasteiger partial charge in [-0.25, -0.2) is 4.98 Å². The Morgan fingerprint density at radius 3 is 2.93 bits per heavy atom. The third-order valence-corrected chi connectivity index (χ3v) is 1.83. The minimum atomic E-state index is 0.577. The van der Waals surface area contributed by atoms with Crippen LogP contribution in [0.2, 0.25) is 0 Å². The van der Waals surface area contributed by atoms with Crippen molar-refractivity contribution in [1.82, 2.24) is 4.98 Å². The van der Waals surface area contributed by atoms with Crippen molar-refractivity contribution in [3.8, 4) is 5.75 Å². The summed E-state index contributed by atoms with van der Waals surface area (Å²) in [4.78, 5) is 4.09. The lowest BCUT2D eigenvalue weighted by Gasteiger charge is -2.07. The van der Waals surface area contributed by atoms with Gasteiger partial charge in [0, 0.05) is 25.9 Å². The number of nitrogens with one attached hydrogen (secondary N) is 1. The Balaban J connectivity index is 2.24. The molecule has 4 nitrogen and oxygen atoms in total. The van der Waals surface area contributed by atoms with Gasteiger partial charge in [-0.3, -0.25) is 0 Å². The molecule has 0 unspecified atom stereocenters. The van der Waals surface area contributed by atoms with Crippen LogP contribution in [0.1, 0.15) is 13.3 Å². The molecule has 4 heteroatoms. The van der Waals surface area contributed by atoms with E-state index in [1.807, 2.05) is 19.2 Å². The Kier molecular flexibility index (Phi) is 5.55. The van der Waals surface area contributed by atoms with Gasteiger partial charge in [-0.2, -0.15) is 0 Å². The zero-order chi connectivity index (χ0) is 10.9. The summed E-state index contributed by atoms with van der Waals surface area (Å²) in [6.07, 6.45) is 2.76. The van der Waals surface area contributed by atoms with Crippen LogP contribution < -0.4 is 10.1 Å². The maximum atomic E-state index is 5.49. The summed E-state index contributed by atoms with van der Waals surface area (Å²) >= 11 is 0. The van der Waals surface area contributed by atoms with Crippen LogP contribution in [-0.4, -0.2) is 31.9 Å². The summed E-state index contributed by atoms with van der Waals surface area (Å²) in [5, 5.41) is 2.96. The van der Waals surface area contributed by atoms with E-state index in [1.54, 1.807) is 6.20 Å². The monoisotopic (exact) mass is 210 g/mol. The van der Waals surface area contributed by atoms with Gasteiger partial charge < -0.3 is 14.8 Å². The number of nitrogens with zero attached hydrogens (tertiary/aromatic N) is 1. The van der Waals surface area contributed by atoms with Gasteiger partial charge in [0.1, 0.15) is 18.2 Å². The largest absolute Gasteiger partial charge is 0.491 e. The highest BCUT2D eigenvalue weighted by atomic mass is 16.5. The van der Waals surface area contributed by atoms with Gasteiger partial charge in [-0.1, -0.05) is 6.92 Å². The Bertz CT molecular complexity index is 279. The second kappa shape index (κ2) is 7.06. The Morgan fingerprint density at radius 2 is 2.20 bits per heavy atom. The van der Waals surface area contributed by atoms with Gasteiger partial charge in [-0.05, 0) is 12.5 Å². The highest BCUT2D eigenvalue weighted by Crippen LogP contribution is 2.13. The van der Waals surface area contributed by atoms with Crippen LogP contribution in [0.4, 0.5) is 5.82 Å². The average Bonchev–Trinajstić information content (AvgIpc) is 2.29. The lowest BCUT2D eigenvalue weighted by molar-refractivity contribution is 0.101. The summed E-state index contributed by atoms with van der Waals surface area (Å²) in [6.45, 7) is 4.09. The van der Waals surface area contributed by atoms with Gasteiger partial charge in [-0.15, -0.1) is 0 Å². The average molecular weight is 210 g/mol. The smallest absolute Gasteiger partial charge is 0.129 e. The molecule has 0 fully saturated rings. The first kappa shape index (κ1) is 11.8. The third-order valence-electron chi connectivity index (χ3n) is 1.83. The third kappa shape index (κ3) is 4.65. The lowest BCUT2D eigenvalue weighted by atomic mass is 10.4. The number of pyridine rings is 1. The molecule has 0 aliphatic heterocycles. The van der Waals surface area contributed by atoms with Crippen molar-refractivity contribution in [1.29, 1.82) is 0 Å². The van der Waals surface area contributed by atoms with Crippen molar-refractivity contribution >= 4 is 5.82 Å². The van der Waals surface area contributed by atoms with Gasteiger partial charge >= 0.3 is 0 Å². The summed E-state index contributed by atoms with van der Waals surface area (Å²) in [5.74, 6) is 1.62. The second-order valence-electron chi connectivity index (χ2n) is 3.09. The first-order valence-corrected chi connectivity index (χ1v) is 5.21.